The van der Waals surface area contributed by atoms with Gasteiger partial charge in [-0.2, -0.15) is 0 Å². The summed E-state index contributed by atoms with van der Waals surface area (Å²) in [5.41, 5.74) is 0. The second kappa shape index (κ2) is 4.59. The number of hydrogen-bond acceptors (Lipinski definition) is 2. The maximum absolute atomic E-state index is 5.89. The minimum Gasteiger partial charge on any atom is -0.311 e. The van der Waals surface area contributed by atoms with Crippen molar-refractivity contribution in [2.75, 3.05) is 0 Å². The summed E-state index contributed by atoms with van der Waals surface area (Å²) in [4.78, 5) is 1.36. The number of halogens is 1. The van der Waals surface area contributed by atoms with Crippen molar-refractivity contribution in [3.8, 4) is 0 Å². The Morgan fingerprint density at radius 3 is 2.31 bits per heavy atom. The van der Waals surface area contributed by atoms with Gasteiger partial charge in [0.2, 0.25) is 0 Å². The number of hydrogen-bond donors (Lipinski definition) is 1. The van der Waals surface area contributed by atoms with Crippen LogP contribution in [0.5, 0.6) is 0 Å². The van der Waals surface area contributed by atoms with Gasteiger partial charge < -0.3 is 5.32 Å². The molecule has 1 aromatic carbocycles. The molecule has 2 fully saturated rings. The van der Waals surface area contributed by atoms with Gasteiger partial charge >= 0.3 is 0 Å². The van der Waals surface area contributed by atoms with Crippen molar-refractivity contribution in [1.29, 1.82) is 0 Å². The van der Waals surface area contributed by atoms with Crippen LogP contribution in [0.15, 0.2) is 29.2 Å². The van der Waals surface area contributed by atoms with Crippen LogP contribution < -0.4 is 5.32 Å². The lowest BCUT2D eigenvalue weighted by atomic mass is 10.1. The lowest BCUT2D eigenvalue weighted by Crippen LogP contribution is -2.39. The molecule has 0 radical (unpaired) electrons. The predicted molar refractivity (Wildman–Crippen MR) is 70.3 cm³/mol. The Balaban J connectivity index is 1.64. The van der Waals surface area contributed by atoms with Crippen LogP contribution in [0.25, 0.3) is 0 Å². The average Bonchev–Trinajstić information content (AvgIpc) is 2.62. The summed E-state index contributed by atoms with van der Waals surface area (Å²) in [6.07, 6.45) is 5.40. The van der Waals surface area contributed by atoms with Gasteiger partial charge in [0.05, 0.1) is 0 Å². The number of thioether (sulfide) groups is 1. The zero-order valence-corrected chi connectivity index (χ0v) is 10.7. The molecule has 1 nitrogen and oxygen atoms in total. The van der Waals surface area contributed by atoms with Gasteiger partial charge in [-0.25, -0.2) is 0 Å². The van der Waals surface area contributed by atoms with Gasteiger partial charge in [0.15, 0.2) is 0 Å². The van der Waals surface area contributed by atoms with Crippen molar-refractivity contribution in [2.45, 2.75) is 47.9 Å². The first kappa shape index (κ1) is 10.9. The number of piperidine rings is 1. The van der Waals surface area contributed by atoms with E-state index in [1.807, 2.05) is 23.9 Å². The van der Waals surface area contributed by atoms with Gasteiger partial charge in [-0.1, -0.05) is 11.6 Å². The van der Waals surface area contributed by atoms with E-state index in [1.54, 1.807) is 0 Å². The molecule has 2 bridgehead atoms. The van der Waals surface area contributed by atoms with E-state index >= 15 is 0 Å². The van der Waals surface area contributed by atoms with Crippen molar-refractivity contribution >= 4 is 23.4 Å². The molecule has 2 aliphatic rings. The maximum atomic E-state index is 5.89. The molecular formula is C13H16ClNS. The summed E-state index contributed by atoms with van der Waals surface area (Å²) < 4.78 is 0. The highest BCUT2D eigenvalue weighted by Crippen LogP contribution is 2.37. The molecule has 0 spiro atoms. The van der Waals surface area contributed by atoms with E-state index in [0.29, 0.717) is 0 Å². The smallest absolute Gasteiger partial charge is 0.0406 e. The second-order valence-electron chi connectivity index (χ2n) is 4.80. The first-order valence-corrected chi connectivity index (χ1v) is 7.23. The van der Waals surface area contributed by atoms with E-state index in [0.717, 1.165) is 22.4 Å². The molecule has 3 rings (SSSR count). The van der Waals surface area contributed by atoms with Gasteiger partial charge in [0, 0.05) is 27.3 Å². The Morgan fingerprint density at radius 1 is 1.06 bits per heavy atom. The second-order valence-corrected chi connectivity index (χ2v) is 6.61. The summed E-state index contributed by atoms with van der Waals surface area (Å²) in [7, 11) is 0. The third kappa shape index (κ3) is 2.39. The summed E-state index contributed by atoms with van der Waals surface area (Å²) in [5, 5.41) is 5.30. The van der Waals surface area contributed by atoms with Crippen LogP contribution >= 0.6 is 23.4 Å². The number of rotatable bonds is 2. The Morgan fingerprint density at radius 2 is 1.69 bits per heavy atom. The highest BCUT2D eigenvalue weighted by Gasteiger charge is 2.33. The van der Waals surface area contributed by atoms with Crippen LogP contribution in [-0.4, -0.2) is 17.3 Å². The SMILES string of the molecule is Clc1ccc(SC2C[C@H]3CC[C@@H](C2)N3)cc1. The molecule has 0 aliphatic carbocycles. The molecule has 2 heterocycles. The number of nitrogens with one attached hydrogen (secondary N) is 1. The maximum Gasteiger partial charge on any atom is 0.0406 e. The highest BCUT2D eigenvalue weighted by molar-refractivity contribution is 8.00. The number of benzene rings is 1. The van der Waals surface area contributed by atoms with Crippen LogP contribution in [-0.2, 0) is 0 Å². The molecule has 0 amide bonds. The fraction of sp³-hybridized carbons (Fsp3) is 0.538. The van der Waals surface area contributed by atoms with Crippen molar-refractivity contribution in [2.24, 2.45) is 0 Å². The molecular weight excluding hydrogens is 238 g/mol. The minimum atomic E-state index is 0.781. The molecule has 3 atom stereocenters. The third-order valence-electron chi connectivity index (χ3n) is 3.55. The van der Waals surface area contributed by atoms with Crippen LogP contribution in [0.4, 0.5) is 0 Å². The molecule has 16 heavy (non-hydrogen) atoms. The highest BCUT2D eigenvalue weighted by atomic mass is 35.5. The Labute approximate surface area is 106 Å². The molecule has 86 valence electrons. The molecule has 3 heteroatoms. The monoisotopic (exact) mass is 253 g/mol. The average molecular weight is 254 g/mol. The normalized spacial score (nSPS) is 32.9. The summed E-state index contributed by atoms with van der Waals surface area (Å²) >= 11 is 7.91. The van der Waals surface area contributed by atoms with E-state index in [4.69, 9.17) is 11.6 Å². The van der Waals surface area contributed by atoms with E-state index < -0.39 is 0 Å². The van der Waals surface area contributed by atoms with Gasteiger partial charge in [0.25, 0.3) is 0 Å². The van der Waals surface area contributed by atoms with Gasteiger partial charge in [-0.05, 0) is 49.9 Å². The third-order valence-corrected chi connectivity index (χ3v) is 5.06. The van der Waals surface area contributed by atoms with Crippen molar-refractivity contribution < 1.29 is 0 Å². The van der Waals surface area contributed by atoms with Crippen molar-refractivity contribution in [3.05, 3.63) is 29.3 Å². The molecule has 2 saturated heterocycles. The topological polar surface area (TPSA) is 12.0 Å². The predicted octanol–water partition coefficient (Wildman–Crippen LogP) is 3.72. The molecule has 2 aliphatic heterocycles. The van der Waals surface area contributed by atoms with Crippen molar-refractivity contribution in [1.82, 2.24) is 5.32 Å². The molecule has 1 unspecified atom stereocenters. The Kier molecular flexibility index (Phi) is 3.14. The lowest BCUT2D eigenvalue weighted by Gasteiger charge is -2.28. The summed E-state index contributed by atoms with van der Waals surface area (Å²) in [6, 6.07) is 9.81. The first-order valence-electron chi connectivity index (χ1n) is 5.98. The van der Waals surface area contributed by atoms with Gasteiger partial charge in [-0.3, -0.25) is 0 Å². The van der Waals surface area contributed by atoms with E-state index in [1.165, 1.54) is 30.6 Å². The quantitative estimate of drug-likeness (QED) is 0.862. The minimum absolute atomic E-state index is 0.781. The van der Waals surface area contributed by atoms with E-state index in [2.05, 4.69) is 17.4 Å². The Bertz CT molecular complexity index is 353. The van der Waals surface area contributed by atoms with Crippen LogP contribution in [0, 0.1) is 0 Å². The van der Waals surface area contributed by atoms with Gasteiger partial charge in [0.1, 0.15) is 0 Å². The lowest BCUT2D eigenvalue weighted by molar-refractivity contribution is 0.415. The fourth-order valence-electron chi connectivity index (χ4n) is 2.81. The number of fused-ring (bicyclic) bond motifs is 2. The van der Waals surface area contributed by atoms with Gasteiger partial charge in [-0.15, -0.1) is 11.8 Å². The zero-order valence-electron chi connectivity index (χ0n) is 9.16. The fourth-order valence-corrected chi connectivity index (χ4v) is 4.27. The zero-order chi connectivity index (χ0) is 11.0. The Hall–Kier alpha value is -0.180. The molecule has 0 aromatic heterocycles. The summed E-state index contributed by atoms with van der Waals surface area (Å²) in [6.45, 7) is 0. The molecule has 1 aromatic rings. The van der Waals surface area contributed by atoms with Crippen LogP contribution in [0.1, 0.15) is 25.7 Å². The standard InChI is InChI=1S/C13H16ClNS/c14-9-1-5-12(6-2-9)16-13-7-10-3-4-11(8-13)15-10/h1-2,5-6,10-11,13,15H,3-4,7-8H2/t10-,11+,13?. The van der Waals surface area contributed by atoms with E-state index in [9.17, 15) is 0 Å². The largest absolute Gasteiger partial charge is 0.311 e. The summed E-state index contributed by atoms with van der Waals surface area (Å²) in [5.74, 6) is 0. The first-order chi connectivity index (χ1) is 7.79. The van der Waals surface area contributed by atoms with Crippen LogP contribution in [0.3, 0.4) is 0 Å². The van der Waals surface area contributed by atoms with Crippen molar-refractivity contribution in [3.63, 3.8) is 0 Å². The van der Waals surface area contributed by atoms with E-state index in [-0.39, 0.29) is 0 Å². The molecule has 0 saturated carbocycles. The molecule has 1 N–H and O–H groups in total. The van der Waals surface area contributed by atoms with Crippen LogP contribution in [0.2, 0.25) is 5.02 Å².